The predicted molar refractivity (Wildman–Crippen MR) is 99.1 cm³/mol. The molecule has 0 aliphatic carbocycles. The number of unbranched alkanes of at least 4 members (excludes halogenated alkanes) is 1. The number of thiazole rings is 1. The molecule has 0 bridgehead atoms. The first-order chi connectivity index (χ1) is 12.1. The van der Waals surface area contributed by atoms with E-state index in [4.69, 9.17) is 5.73 Å². The number of nitrogen functional groups attached to an aromatic ring is 1. The summed E-state index contributed by atoms with van der Waals surface area (Å²) in [5, 5.41) is 10.0. The van der Waals surface area contributed by atoms with Gasteiger partial charge in [-0.15, -0.1) is 11.3 Å². The second-order valence-electron chi connectivity index (χ2n) is 6.43. The Balaban J connectivity index is 1.44. The molecule has 0 saturated heterocycles. The van der Waals surface area contributed by atoms with Crippen LogP contribution in [-0.4, -0.2) is 38.7 Å². The number of nitrogens with two attached hydrogens (primary N) is 1. The van der Waals surface area contributed by atoms with Gasteiger partial charge in [0.2, 0.25) is 5.91 Å². The summed E-state index contributed by atoms with van der Waals surface area (Å²) in [6, 6.07) is 2.11. The number of rotatable bonds is 8. The van der Waals surface area contributed by atoms with Crippen LogP contribution in [0.25, 0.3) is 0 Å². The van der Waals surface area contributed by atoms with Crippen LogP contribution in [0.15, 0.2) is 11.4 Å². The maximum absolute atomic E-state index is 12.0. The van der Waals surface area contributed by atoms with Crippen LogP contribution in [0.3, 0.4) is 0 Å². The van der Waals surface area contributed by atoms with Gasteiger partial charge in [0, 0.05) is 24.9 Å². The summed E-state index contributed by atoms with van der Waals surface area (Å²) in [5.41, 5.74) is 8.64. The van der Waals surface area contributed by atoms with Crippen molar-refractivity contribution in [2.75, 3.05) is 18.8 Å². The summed E-state index contributed by atoms with van der Waals surface area (Å²) in [6.45, 7) is 6.78. The van der Waals surface area contributed by atoms with Gasteiger partial charge in [-0.3, -0.25) is 14.4 Å². The Morgan fingerprint density at radius 1 is 1.40 bits per heavy atom. The molecule has 1 aliphatic rings. The molecule has 3 N–H and O–H groups in total. The lowest BCUT2D eigenvalue weighted by Gasteiger charge is -2.27. The molecule has 0 spiro atoms. The summed E-state index contributed by atoms with van der Waals surface area (Å²) < 4.78 is 2.07. The Hall–Kier alpha value is -1.93. The number of carbonyl (C=O) groups is 1. The van der Waals surface area contributed by atoms with Gasteiger partial charge in [0.05, 0.1) is 30.2 Å². The number of hydrogen-bond acceptors (Lipinski definition) is 6. The van der Waals surface area contributed by atoms with Crippen molar-refractivity contribution in [2.24, 2.45) is 0 Å². The average Bonchev–Trinajstić information content (AvgIpc) is 3.21. The molecule has 2 aromatic rings. The average molecular weight is 363 g/mol. The maximum Gasteiger partial charge on any atom is 0.220 e. The van der Waals surface area contributed by atoms with E-state index in [0.717, 1.165) is 37.6 Å². The highest BCUT2D eigenvalue weighted by Gasteiger charge is 2.18. The summed E-state index contributed by atoms with van der Waals surface area (Å²) in [5.74, 6) is 0.0158. The molecule has 3 heterocycles. The fraction of sp³-hybridized carbons (Fsp3) is 0.588. The highest BCUT2D eigenvalue weighted by molar-refractivity contribution is 7.13. The van der Waals surface area contributed by atoms with E-state index in [1.807, 2.05) is 5.38 Å². The minimum atomic E-state index is 0.0158. The van der Waals surface area contributed by atoms with Gasteiger partial charge >= 0.3 is 0 Å². The number of hydrogen-bond donors (Lipinski definition) is 2. The molecular formula is C17H26N6OS. The third-order valence-corrected chi connectivity index (χ3v) is 5.12. The monoisotopic (exact) mass is 362 g/mol. The van der Waals surface area contributed by atoms with Crippen LogP contribution in [0.2, 0.25) is 0 Å². The van der Waals surface area contributed by atoms with Gasteiger partial charge < -0.3 is 11.1 Å². The normalized spacial score (nSPS) is 14.4. The van der Waals surface area contributed by atoms with Crippen molar-refractivity contribution in [1.29, 1.82) is 0 Å². The second kappa shape index (κ2) is 8.44. The van der Waals surface area contributed by atoms with Crippen molar-refractivity contribution >= 4 is 22.4 Å². The number of carbonyl (C=O) groups excluding carboxylic acids is 1. The van der Waals surface area contributed by atoms with Gasteiger partial charge in [-0.05, 0) is 25.5 Å². The summed E-state index contributed by atoms with van der Waals surface area (Å²) in [4.78, 5) is 18.6. The van der Waals surface area contributed by atoms with E-state index in [9.17, 15) is 4.79 Å². The van der Waals surface area contributed by atoms with Crippen LogP contribution < -0.4 is 11.1 Å². The number of fused-ring (bicyclic) bond motifs is 1. The fourth-order valence-electron chi connectivity index (χ4n) is 3.00. The highest BCUT2D eigenvalue weighted by atomic mass is 32.1. The molecule has 8 heteroatoms. The maximum atomic E-state index is 12.0. The van der Waals surface area contributed by atoms with E-state index >= 15 is 0 Å². The Morgan fingerprint density at radius 2 is 2.28 bits per heavy atom. The summed E-state index contributed by atoms with van der Waals surface area (Å²) in [6.07, 6.45) is 3.50. The zero-order valence-electron chi connectivity index (χ0n) is 14.7. The molecule has 1 aliphatic heterocycles. The lowest BCUT2D eigenvalue weighted by molar-refractivity contribution is -0.121. The van der Waals surface area contributed by atoms with Gasteiger partial charge in [0.15, 0.2) is 5.13 Å². The molecule has 7 nitrogen and oxygen atoms in total. The standard InChI is InChI=1S/C17H26N6OS/c1-2-3-6-22-7-8-23-15(11-22)9-14(21-23)10-19-16(24)5-4-13-12-25-17(18)20-13/h9,12H,2-8,10-11H2,1H3,(H2,18,20)(H,19,24). The molecule has 1 amide bonds. The number of aromatic nitrogens is 3. The third-order valence-electron chi connectivity index (χ3n) is 4.40. The Morgan fingerprint density at radius 3 is 3.04 bits per heavy atom. The number of aryl methyl sites for hydroxylation is 1. The Bertz CT molecular complexity index is 710. The van der Waals surface area contributed by atoms with E-state index in [1.165, 1.54) is 29.9 Å². The van der Waals surface area contributed by atoms with E-state index in [2.05, 4.69) is 38.0 Å². The minimum absolute atomic E-state index is 0.0158. The highest BCUT2D eigenvalue weighted by Crippen LogP contribution is 2.15. The molecule has 2 aromatic heterocycles. The van der Waals surface area contributed by atoms with E-state index in [0.29, 0.717) is 24.5 Å². The van der Waals surface area contributed by atoms with Crippen LogP contribution in [0.1, 0.15) is 43.3 Å². The van der Waals surface area contributed by atoms with Gasteiger partial charge in [-0.1, -0.05) is 13.3 Å². The third kappa shape index (κ3) is 5.02. The van der Waals surface area contributed by atoms with Crippen molar-refractivity contribution < 1.29 is 4.79 Å². The summed E-state index contributed by atoms with van der Waals surface area (Å²) in [7, 11) is 0. The molecule has 25 heavy (non-hydrogen) atoms. The lowest BCUT2D eigenvalue weighted by atomic mass is 10.2. The molecule has 0 fully saturated rings. The molecule has 0 aromatic carbocycles. The van der Waals surface area contributed by atoms with Crippen molar-refractivity contribution in [2.45, 2.75) is 52.2 Å². The van der Waals surface area contributed by atoms with Gasteiger partial charge in [0.25, 0.3) is 0 Å². The Labute approximate surface area is 152 Å². The van der Waals surface area contributed by atoms with Crippen LogP contribution >= 0.6 is 11.3 Å². The van der Waals surface area contributed by atoms with Crippen LogP contribution in [0.4, 0.5) is 5.13 Å². The Kier molecular flexibility index (Phi) is 6.04. The molecule has 0 atom stereocenters. The molecule has 136 valence electrons. The molecule has 3 rings (SSSR count). The van der Waals surface area contributed by atoms with E-state index in [1.54, 1.807) is 0 Å². The molecule has 0 saturated carbocycles. The smallest absolute Gasteiger partial charge is 0.220 e. The SMILES string of the molecule is CCCCN1CCn2nc(CNC(=O)CCc3csc(N)n3)cc2C1. The van der Waals surface area contributed by atoms with Crippen molar-refractivity contribution in [3.05, 3.63) is 28.5 Å². The number of nitrogens with one attached hydrogen (secondary N) is 1. The first kappa shape index (κ1) is 17.9. The van der Waals surface area contributed by atoms with Crippen LogP contribution in [0.5, 0.6) is 0 Å². The van der Waals surface area contributed by atoms with Gasteiger partial charge in [-0.2, -0.15) is 5.10 Å². The van der Waals surface area contributed by atoms with Crippen molar-refractivity contribution in [3.63, 3.8) is 0 Å². The van der Waals surface area contributed by atoms with Crippen LogP contribution in [0, 0.1) is 0 Å². The van der Waals surface area contributed by atoms with E-state index < -0.39 is 0 Å². The zero-order valence-corrected chi connectivity index (χ0v) is 15.5. The minimum Gasteiger partial charge on any atom is -0.375 e. The predicted octanol–water partition coefficient (Wildman–Crippen LogP) is 1.79. The fourth-order valence-corrected chi connectivity index (χ4v) is 3.59. The van der Waals surface area contributed by atoms with Gasteiger partial charge in [-0.25, -0.2) is 4.98 Å². The lowest BCUT2D eigenvalue weighted by Crippen LogP contribution is -2.34. The summed E-state index contributed by atoms with van der Waals surface area (Å²) >= 11 is 1.40. The van der Waals surface area contributed by atoms with Crippen molar-refractivity contribution in [3.8, 4) is 0 Å². The largest absolute Gasteiger partial charge is 0.375 e. The number of anilines is 1. The number of nitrogens with zero attached hydrogens (tertiary/aromatic N) is 4. The molecule has 0 unspecified atom stereocenters. The quantitative estimate of drug-likeness (QED) is 0.747. The zero-order chi connectivity index (χ0) is 17.6. The second-order valence-corrected chi connectivity index (χ2v) is 7.32. The van der Waals surface area contributed by atoms with Crippen molar-refractivity contribution in [1.82, 2.24) is 25.0 Å². The molecule has 0 radical (unpaired) electrons. The van der Waals surface area contributed by atoms with E-state index in [-0.39, 0.29) is 5.91 Å². The first-order valence-electron chi connectivity index (χ1n) is 8.88. The topological polar surface area (TPSA) is 89.1 Å². The van der Waals surface area contributed by atoms with Crippen LogP contribution in [-0.2, 0) is 30.8 Å². The first-order valence-corrected chi connectivity index (χ1v) is 9.76. The number of amides is 1. The molecular weight excluding hydrogens is 336 g/mol. The van der Waals surface area contributed by atoms with Gasteiger partial charge in [0.1, 0.15) is 0 Å².